The quantitative estimate of drug-likeness (QED) is 0.797. The van der Waals surface area contributed by atoms with E-state index in [1.54, 1.807) is 29.1 Å². The summed E-state index contributed by atoms with van der Waals surface area (Å²) in [6, 6.07) is 5.00. The Morgan fingerprint density at radius 3 is 2.73 bits per heavy atom. The lowest BCUT2D eigenvalue weighted by molar-refractivity contribution is -0.00259. The normalized spacial score (nSPS) is 19.0. The third-order valence-corrected chi connectivity index (χ3v) is 6.13. The fourth-order valence-corrected chi connectivity index (χ4v) is 4.48. The predicted octanol–water partition coefficient (Wildman–Crippen LogP) is 2.28. The summed E-state index contributed by atoms with van der Waals surface area (Å²) in [5.74, 6) is 0.703. The number of hydrogen-bond acceptors (Lipinski definition) is 5. The third kappa shape index (κ3) is 3.92. The fraction of sp³-hybridized carbons (Fsp3) is 0.500. The molecule has 1 unspecified atom stereocenters. The summed E-state index contributed by atoms with van der Waals surface area (Å²) in [5.41, 5.74) is 1.68. The number of aryl methyl sites for hydroxylation is 2. The molecule has 2 aromatic rings. The van der Waals surface area contributed by atoms with Gasteiger partial charge in [-0.25, -0.2) is 8.42 Å². The molecule has 0 saturated carbocycles. The number of sulfonamides is 1. The van der Waals surface area contributed by atoms with E-state index in [2.05, 4.69) is 5.10 Å². The monoisotopic (exact) mass is 379 g/mol. The Morgan fingerprint density at radius 1 is 1.35 bits per heavy atom. The zero-order valence-corrected chi connectivity index (χ0v) is 16.4. The van der Waals surface area contributed by atoms with Crippen LogP contribution in [-0.2, 0) is 21.8 Å². The van der Waals surface area contributed by atoms with Crippen LogP contribution < -0.4 is 4.74 Å². The van der Waals surface area contributed by atoms with Gasteiger partial charge in [0, 0.05) is 31.9 Å². The topological polar surface area (TPSA) is 73.7 Å². The first-order valence-corrected chi connectivity index (χ1v) is 10.1. The van der Waals surface area contributed by atoms with E-state index in [0.29, 0.717) is 18.9 Å². The highest BCUT2D eigenvalue weighted by Gasteiger charge is 2.32. The predicted molar refractivity (Wildman–Crippen MR) is 97.6 cm³/mol. The van der Waals surface area contributed by atoms with Gasteiger partial charge in [0.05, 0.1) is 29.9 Å². The van der Waals surface area contributed by atoms with Crippen molar-refractivity contribution < 1.29 is 17.9 Å². The molecule has 1 aliphatic rings. The average molecular weight is 379 g/mol. The first-order chi connectivity index (χ1) is 12.3. The number of morpholine rings is 1. The molecule has 1 saturated heterocycles. The molecule has 0 bridgehead atoms. The van der Waals surface area contributed by atoms with E-state index in [9.17, 15) is 8.42 Å². The van der Waals surface area contributed by atoms with E-state index in [-0.39, 0.29) is 23.6 Å². The molecule has 1 aromatic carbocycles. The molecule has 26 heavy (non-hydrogen) atoms. The highest BCUT2D eigenvalue weighted by Crippen LogP contribution is 2.28. The minimum absolute atomic E-state index is 0.0376. The van der Waals surface area contributed by atoms with E-state index in [1.807, 2.05) is 34.0 Å². The third-order valence-electron chi connectivity index (χ3n) is 4.27. The summed E-state index contributed by atoms with van der Waals surface area (Å²) in [4.78, 5) is 0.276. The van der Waals surface area contributed by atoms with Crippen LogP contribution in [0.15, 0.2) is 35.5 Å². The molecular weight excluding hydrogens is 354 g/mol. The van der Waals surface area contributed by atoms with Gasteiger partial charge in [-0.15, -0.1) is 0 Å². The summed E-state index contributed by atoms with van der Waals surface area (Å²) in [6.45, 7) is 6.70. The van der Waals surface area contributed by atoms with Crippen LogP contribution in [0.2, 0.25) is 0 Å². The molecule has 142 valence electrons. The van der Waals surface area contributed by atoms with Crippen LogP contribution >= 0.6 is 0 Å². The van der Waals surface area contributed by atoms with Crippen LogP contribution in [0.4, 0.5) is 0 Å². The Hall–Kier alpha value is -1.90. The van der Waals surface area contributed by atoms with Gasteiger partial charge in [0.15, 0.2) is 0 Å². The average Bonchev–Trinajstić information content (AvgIpc) is 3.03. The minimum atomic E-state index is -3.59. The van der Waals surface area contributed by atoms with Crippen molar-refractivity contribution in [3.05, 3.63) is 41.7 Å². The molecule has 0 N–H and O–H groups in total. The van der Waals surface area contributed by atoms with Crippen molar-refractivity contribution in [3.63, 3.8) is 0 Å². The summed E-state index contributed by atoms with van der Waals surface area (Å²) in [7, 11) is -1.77. The largest absolute Gasteiger partial charge is 0.491 e. The van der Waals surface area contributed by atoms with Gasteiger partial charge in [0.25, 0.3) is 0 Å². The lowest BCUT2D eigenvalue weighted by atomic mass is 10.2. The molecule has 8 heteroatoms. The maximum Gasteiger partial charge on any atom is 0.243 e. The van der Waals surface area contributed by atoms with Crippen molar-refractivity contribution in [2.45, 2.75) is 37.9 Å². The molecule has 0 spiro atoms. The van der Waals surface area contributed by atoms with Crippen LogP contribution in [0.3, 0.4) is 0 Å². The number of benzene rings is 1. The van der Waals surface area contributed by atoms with Crippen molar-refractivity contribution in [1.29, 1.82) is 0 Å². The van der Waals surface area contributed by atoms with E-state index >= 15 is 0 Å². The second-order valence-corrected chi connectivity index (χ2v) is 8.70. The van der Waals surface area contributed by atoms with Crippen molar-refractivity contribution in [3.8, 4) is 5.75 Å². The summed E-state index contributed by atoms with van der Waals surface area (Å²) < 4.78 is 40.7. The van der Waals surface area contributed by atoms with Crippen molar-refractivity contribution in [2.24, 2.45) is 7.05 Å². The number of hydrogen-bond donors (Lipinski definition) is 0. The Balaban J connectivity index is 1.82. The Labute approximate surface area is 154 Å². The van der Waals surface area contributed by atoms with Gasteiger partial charge in [0.1, 0.15) is 5.75 Å². The van der Waals surface area contributed by atoms with Crippen LogP contribution in [0.1, 0.15) is 31.1 Å². The van der Waals surface area contributed by atoms with E-state index in [1.165, 1.54) is 4.31 Å². The lowest BCUT2D eigenvalue weighted by Gasteiger charge is -2.31. The maximum absolute atomic E-state index is 13.1. The fourth-order valence-electron chi connectivity index (χ4n) is 2.97. The molecule has 1 atom stereocenters. The zero-order chi connectivity index (χ0) is 18.9. The molecular formula is C18H25N3O4S. The zero-order valence-electron chi connectivity index (χ0n) is 15.5. The lowest BCUT2D eigenvalue weighted by Crippen LogP contribution is -2.42. The van der Waals surface area contributed by atoms with Crippen molar-refractivity contribution in [2.75, 3.05) is 19.7 Å². The van der Waals surface area contributed by atoms with Gasteiger partial charge in [-0.1, -0.05) is 0 Å². The molecule has 0 amide bonds. The van der Waals surface area contributed by atoms with Gasteiger partial charge in [-0.05, 0) is 44.5 Å². The Morgan fingerprint density at radius 2 is 2.12 bits per heavy atom. The SMILES string of the molecule is Cc1cc(S(=O)(=O)N2CCOC(c3cnn(C)c3)C2)ccc1OC(C)C. The standard InChI is InChI=1S/C18H25N3O4S/c1-13(2)25-17-6-5-16(9-14(17)3)26(22,23)21-7-8-24-18(12-21)15-10-19-20(4)11-15/h5-6,9-11,13,18H,7-8,12H2,1-4H3. The van der Waals surface area contributed by atoms with E-state index in [0.717, 1.165) is 11.1 Å². The van der Waals surface area contributed by atoms with Gasteiger partial charge in [-0.3, -0.25) is 4.68 Å². The second-order valence-electron chi connectivity index (χ2n) is 6.76. The Bertz CT molecular complexity index is 876. The molecule has 3 rings (SSSR count). The second kappa shape index (κ2) is 7.38. The van der Waals surface area contributed by atoms with Gasteiger partial charge >= 0.3 is 0 Å². The van der Waals surface area contributed by atoms with Crippen LogP contribution in [0.5, 0.6) is 5.75 Å². The minimum Gasteiger partial charge on any atom is -0.491 e. The van der Waals surface area contributed by atoms with Crippen molar-refractivity contribution in [1.82, 2.24) is 14.1 Å². The number of ether oxygens (including phenoxy) is 2. The van der Waals surface area contributed by atoms with Gasteiger partial charge in [0.2, 0.25) is 10.0 Å². The molecule has 0 radical (unpaired) electrons. The molecule has 0 aliphatic carbocycles. The summed E-state index contributed by atoms with van der Waals surface area (Å²) in [6.07, 6.45) is 3.29. The highest BCUT2D eigenvalue weighted by atomic mass is 32.2. The van der Waals surface area contributed by atoms with Gasteiger partial charge < -0.3 is 9.47 Å². The molecule has 1 aliphatic heterocycles. The highest BCUT2D eigenvalue weighted by molar-refractivity contribution is 7.89. The van der Waals surface area contributed by atoms with E-state index in [4.69, 9.17) is 9.47 Å². The smallest absolute Gasteiger partial charge is 0.243 e. The number of aromatic nitrogens is 2. The van der Waals surface area contributed by atoms with Crippen LogP contribution in [0, 0.1) is 6.92 Å². The number of nitrogens with zero attached hydrogens (tertiary/aromatic N) is 3. The first kappa shape index (κ1) is 18.9. The molecule has 7 nitrogen and oxygen atoms in total. The molecule has 1 fully saturated rings. The first-order valence-electron chi connectivity index (χ1n) is 8.65. The van der Waals surface area contributed by atoms with Gasteiger partial charge in [-0.2, -0.15) is 9.40 Å². The van der Waals surface area contributed by atoms with Crippen LogP contribution in [0.25, 0.3) is 0 Å². The van der Waals surface area contributed by atoms with Crippen molar-refractivity contribution >= 4 is 10.0 Å². The number of rotatable bonds is 5. The van der Waals surface area contributed by atoms with Crippen LogP contribution in [-0.4, -0.2) is 48.3 Å². The summed E-state index contributed by atoms with van der Waals surface area (Å²) in [5, 5.41) is 4.14. The Kier molecular flexibility index (Phi) is 5.36. The molecule has 1 aromatic heterocycles. The molecule has 2 heterocycles. The summed E-state index contributed by atoms with van der Waals surface area (Å²) >= 11 is 0. The van der Waals surface area contributed by atoms with E-state index < -0.39 is 10.0 Å². The maximum atomic E-state index is 13.1.